The third kappa shape index (κ3) is 5.14. The number of hydrogen-bond donors (Lipinski definition) is 0. The van der Waals surface area contributed by atoms with Crippen LogP contribution in [0, 0.1) is 0 Å². The van der Waals surface area contributed by atoms with Gasteiger partial charge in [0, 0.05) is 38.2 Å². The van der Waals surface area contributed by atoms with Gasteiger partial charge in [0.05, 0.1) is 0 Å². The predicted octanol–water partition coefficient (Wildman–Crippen LogP) is 14.3. The molecule has 12 rings (SSSR count). The van der Waals surface area contributed by atoms with E-state index in [0.29, 0.717) is 17.5 Å². The zero-order valence-corrected chi connectivity index (χ0v) is 31.1. The van der Waals surface area contributed by atoms with Gasteiger partial charge in [-0.1, -0.05) is 152 Å². The fraction of sp³-hybridized carbons (Fsp3) is 0. The molecule has 0 aliphatic heterocycles. The number of fused-ring (bicyclic) bond motifs is 9. The summed E-state index contributed by atoms with van der Waals surface area (Å²) in [4.78, 5) is 15.6. The Balaban J connectivity index is 1.07. The van der Waals surface area contributed by atoms with Crippen LogP contribution in [-0.4, -0.2) is 15.0 Å². The highest BCUT2D eigenvalue weighted by Gasteiger charge is 2.22. The molecule has 0 amide bonds. The van der Waals surface area contributed by atoms with Gasteiger partial charge in [-0.15, -0.1) is 0 Å². The first-order valence-corrected chi connectivity index (χ1v) is 19.4. The van der Waals surface area contributed by atoms with Crippen molar-refractivity contribution < 1.29 is 8.83 Å². The average Bonchev–Trinajstić information content (AvgIpc) is 3.88. The van der Waals surface area contributed by atoms with Crippen molar-refractivity contribution in [3.05, 3.63) is 188 Å². The minimum atomic E-state index is 0.569. The molecule has 0 fully saturated rings. The number of nitrogens with zero attached hydrogens (tertiary/aromatic N) is 3. The summed E-state index contributed by atoms with van der Waals surface area (Å²) in [5.41, 5.74) is 10.5. The van der Waals surface area contributed by atoms with Crippen molar-refractivity contribution in [3.8, 4) is 56.4 Å². The van der Waals surface area contributed by atoms with Gasteiger partial charge in [0.15, 0.2) is 17.5 Å². The lowest BCUT2D eigenvalue weighted by molar-refractivity contribution is 0.669. The third-order valence-electron chi connectivity index (χ3n) is 11.3. The molecule has 9 aromatic carbocycles. The molecule has 0 N–H and O–H groups in total. The second-order valence-electron chi connectivity index (χ2n) is 14.7. The van der Waals surface area contributed by atoms with Gasteiger partial charge in [0.25, 0.3) is 0 Å². The zero-order chi connectivity index (χ0) is 38.2. The Hall–Kier alpha value is -7.89. The highest BCUT2D eigenvalue weighted by molar-refractivity contribution is 6.25. The van der Waals surface area contributed by atoms with E-state index in [1.54, 1.807) is 0 Å². The number of benzene rings is 9. The molecule has 0 unspecified atom stereocenters. The van der Waals surface area contributed by atoms with Crippen LogP contribution in [0.2, 0.25) is 0 Å². The van der Waals surface area contributed by atoms with Crippen molar-refractivity contribution in [2.75, 3.05) is 0 Å². The molecule has 5 nitrogen and oxygen atoms in total. The molecule has 58 heavy (non-hydrogen) atoms. The Morgan fingerprint density at radius 2 is 0.810 bits per heavy atom. The first-order chi connectivity index (χ1) is 28.7. The van der Waals surface area contributed by atoms with Crippen LogP contribution in [0.1, 0.15) is 0 Å². The molecule has 0 spiro atoms. The van der Waals surface area contributed by atoms with Crippen LogP contribution >= 0.6 is 0 Å². The number of rotatable bonds is 5. The lowest BCUT2D eigenvalue weighted by atomic mass is 9.92. The number of para-hydroxylation sites is 1. The molecule has 0 bridgehead atoms. The maximum atomic E-state index is 6.78. The Morgan fingerprint density at radius 1 is 0.276 bits per heavy atom. The summed E-state index contributed by atoms with van der Waals surface area (Å²) >= 11 is 0. The highest BCUT2D eigenvalue weighted by atomic mass is 16.3. The average molecular weight is 742 g/mol. The summed E-state index contributed by atoms with van der Waals surface area (Å²) in [6.07, 6.45) is 0. The van der Waals surface area contributed by atoms with Gasteiger partial charge in [-0.25, -0.2) is 15.0 Å². The largest absolute Gasteiger partial charge is 0.456 e. The molecule has 5 heteroatoms. The minimum Gasteiger partial charge on any atom is -0.456 e. The van der Waals surface area contributed by atoms with Crippen molar-refractivity contribution in [2.24, 2.45) is 0 Å². The maximum absolute atomic E-state index is 6.78. The van der Waals surface area contributed by atoms with Gasteiger partial charge in [-0.2, -0.15) is 0 Å². The third-order valence-corrected chi connectivity index (χ3v) is 11.3. The van der Waals surface area contributed by atoms with Crippen molar-refractivity contribution in [3.63, 3.8) is 0 Å². The summed E-state index contributed by atoms with van der Waals surface area (Å²) in [5, 5.41) is 8.63. The van der Waals surface area contributed by atoms with Crippen LogP contribution in [-0.2, 0) is 0 Å². The van der Waals surface area contributed by atoms with Crippen LogP contribution in [0.4, 0.5) is 0 Å². The van der Waals surface area contributed by atoms with Crippen LogP contribution < -0.4 is 0 Å². The minimum absolute atomic E-state index is 0.569. The fourth-order valence-corrected chi connectivity index (χ4v) is 8.62. The smallest absolute Gasteiger partial charge is 0.164 e. The molecular formula is C53H31N3O2. The van der Waals surface area contributed by atoms with Crippen LogP contribution in [0.3, 0.4) is 0 Å². The van der Waals surface area contributed by atoms with Crippen molar-refractivity contribution >= 4 is 65.4 Å². The highest BCUT2D eigenvalue weighted by Crippen LogP contribution is 2.44. The van der Waals surface area contributed by atoms with Gasteiger partial charge < -0.3 is 8.83 Å². The van der Waals surface area contributed by atoms with Gasteiger partial charge in [-0.3, -0.25) is 0 Å². The molecule has 0 saturated heterocycles. The summed E-state index contributed by atoms with van der Waals surface area (Å²) < 4.78 is 13.1. The molecule has 0 saturated carbocycles. The SMILES string of the molecule is c1ccc(-c2ccc3cc(-c4cc5oc6cccc(-c7nc(-c8ccccc8)nc(-c8cccc9oc%10ccccc%10c89)n7)c6c5c5ccccc45)ccc3c2)cc1. The van der Waals surface area contributed by atoms with Crippen LogP contribution in [0.5, 0.6) is 0 Å². The van der Waals surface area contributed by atoms with Gasteiger partial charge in [-0.05, 0) is 80.2 Å². The van der Waals surface area contributed by atoms with Gasteiger partial charge in [0.2, 0.25) is 0 Å². The van der Waals surface area contributed by atoms with Crippen LogP contribution in [0.25, 0.3) is 122 Å². The quantitative estimate of drug-likeness (QED) is 0.176. The molecule has 12 aromatic rings. The van der Waals surface area contributed by atoms with Crippen molar-refractivity contribution in [1.82, 2.24) is 15.0 Å². The second kappa shape index (κ2) is 12.8. The lowest BCUT2D eigenvalue weighted by Crippen LogP contribution is -2.00. The maximum Gasteiger partial charge on any atom is 0.164 e. The van der Waals surface area contributed by atoms with E-state index in [1.807, 2.05) is 72.8 Å². The molecule has 3 aromatic heterocycles. The number of furan rings is 2. The molecule has 0 radical (unpaired) electrons. The predicted molar refractivity (Wildman–Crippen MR) is 237 cm³/mol. The first kappa shape index (κ1) is 32.4. The first-order valence-electron chi connectivity index (χ1n) is 19.4. The van der Waals surface area contributed by atoms with Gasteiger partial charge >= 0.3 is 0 Å². The standard InChI is InChI=1S/C53H31N3O2/c1-3-13-32(14-4-1)34-25-26-36-30-37(28-27-35(36)29-34)43-31-47-49(39-18-8-7-17-38(39)43)50-42(21-12-24-46(50)58-47)53-55-51(33-15-5-2-6-16-33)54-52(56-53)41-20-11-23-45-48(41)40-19-9-10-22-44(40)57-45/h1-31H. The number of aromatic nitrogens is 3. The lowest BCUT2D eigenvalue weighted by Gasteiger charge is -2.12. The summed E-state index contributed by atoms with van der Waals surface area (Å²) in [7, 11) is 0. The second-order valence-corrected chi connectivity index (χ2v) is 14.7. The molecule has 3 heterocycles. The van der Waals surface area contributed by atoms with E-state index in [2.05, 4.69) is 115 Å². The normalized spacial score (nSPS) is 11.8. The molecule has 0 atom stereocenters. The number of hydrogen-bond acceptors (Lipinski definition) is 5. The Bertz CT molecular complexity index is 3570. The van der Waals surface area contributed by atoms with E-state index in [-0.39, 0.29) is 0 Å². The fourth-order valence-electron chi connectivity index (χ4n) is 8.62. The van der Waals surface area contributed by atoms with E-state index in [4.69, 9.17) is 23.8 Å². The molecular weight excluding hydrogens is 711 g/mol. The van der Waals surface area contributed by atoms with E-state index in [1.165, 1.54) is 21.9 Å². The van der Waals surface area contributed by atoms with E-state index >= 15 is 0 Å². The van der Waals surface area contributed by atoms with E-state index < -0.39 is 0 Å². The Kier molecular flexibility index (Phi) is 7.16. The Morgan fingerprint density at radius 3 is 1.55 bits per heavy atom. The molecule has 270 valence electrons. The van der Waals surface area contributed by atoms with Crippen molar-refractivity contribution in [2.45, 2.75) is 0 Å². The van der Waals surface area contributed by atoms with Gasteiger partial charge in [0.1, 0.15) is 22.3 Å². The zero-order valence-electron chi connectivity index (χ0n) is 31.1. The van der Waals surface area contributed by atoms with E-state index in [9.17, 15) is 0 Å². The molecule has 0 aliphatic carbocycles. The van der Waals surface area contributed by atoms with E-state index in [0.717, 1.165) is 82.5 Å². The summed E-state index contributed by atoms with van der Waals surface area (Å²) in [5.74, 6) is 1.74. The topological polar surface area (TPSA) is 65.0 Å². The molecule has 0 aliphatic rings. The summed E-state index contributed by atoms with van der Waals surface area (Å²) in [6.45, 7) is 0. The summed E-state index contributed by atoms with van der Waals surface area (Å²) in [6, 6.07) is 65.2. The van der Waals surface area contributed by atoms with Crippen LogP contribution in [0.15, 0.2) is 197 Å². The van der Waals surface area contributed by atoms with Crippen molar-refractivity contribution in [1.29, 1.82) is 0 Å². The Labute approximate surface area is 332 Å². The monoisotopic (exact) mass is 741 g/mol.